The van der Waals surface area contributed by atoms with E-state index in [1.807, 2.05) is 36.4 Å². The SMILES string of the molecule is C=Cc1ccc(C(=O)N2C[C@@H](c3ccc4c(c3)OCO4)[C@@H]3[C@H]2C2CCN3CC2)cc1. The van der Waals surface area contributed by atoms with Crippen LogP contribution < -0.4 is 9.47 Å². The van der Waals surface area contributed by atoms with Crippen molar-refractivity contribution in [2.75, 3.05) is 26.4 Å². The summed E-state index contributed by atoms with van der Waals surface area (Å²) in [5, 5.41) is 0. The topological polar surface area (TPSA) is 42.0 Å². The van der Waals surface area contributed by atoms with Gasteiger partial charge in [-0.2, -0.15) is 0 Å². The van der Waals surface area contributed by atoms with Crippen LogP contribution in [0.5, 0.6) is 11.5 Å². The molecule has 2 aromatic carbocycles. The lowest BCUT2D eigenvalue weighted by atomic mass is 9.75. The van der Waals surface area contributed by atoms with Gasteiger partial charge in [0.15, 0.2) is 11.5 Å². The number of likely N-dealkylation sites (tertiary alicyclic amines) is 1. The Hall–Kier alpha value is -2.79. The Morgan fingerprint density at radius 2 is 1.77 bits per heavy atom. The molecule has 4 fully saturated rings. The zero-order valence-electron chi connectivity index (χ0n) is 17.0. The minimum absolute atomic E-state index is 0.151. The molecule has 30 heavy (non-hydrogen) atoms. The van der Waals surface area contributed by atoms with Gasteiger partial charge < -0.3 is 14.4 Å². The molecule has 0 spiro atoms. The van der Waals surface area contributed by atoms with Crippen LogP contribution >= 0.6 is 0 Å². The maximum Gasteiger partial charge on any atom is 0.254 e. The Morgan fingerprint density at radius 3 is 2.53 bits per heavy atom. The third kappa shape index (κ3) is 2.68. The molecule has 4 saturated heterocycles. The molecule has 5 heteroatoms. The van der Waals surface area contributed by atoms with Gasteiger partial charge in [-0.25, -0.2) is 0 Å². The molecular formula is C25H26N2O3. The van der Waals surface area contributed by atoms with Crippen LogP contribution in [-0.4, -0.2) is 54.2 Å². The van der Waals surface area contributed by atoms with Gasteiger partial charge in [0.2, 0.25) is 6.79 Å². The van der Waals surface area contributed by atoms with Crippen LogP contribution in [0.3, 0.4) is 0 Å². The highest BCUT2D eigenvalue weighted by Gasteiger charge is 2.54. The number of nitrogens with zero attached hydrogens (tertiary/aromatic N) is 2. The van der Waals surface area contributed by atoms with E-state index in [2.05, 4.69) is 28.5 Å². The molecule has 0 saturated carbocycles. The highest BCUT2D eigenvalue weighted by molar-refractivity contribution is 5.95. The van der Waals surface area contributed by atoms with Crippen molar-refractivity contribution in [3.63, 3.8) is 0 Å². The molecule has 3 atom stereocenters. The van der Waals surface area contributed by atoms with E-state index in [1.54, 1.807) is 0 Å². The van der Waals surface area contributed by atoms with Crippen molar-refractivity contribution in [1.29, 1.82) is 0 Å². The molecule has 0 unspecified atom stereocenters. The van der Waals surface area contributed by atoms with Crippen LogP contribution in [0.1, 0.15) is 40.2 Å². The van der Waals surface area contributed by atoms with Crippen molar-refractivity contribution in [3.8, 4) is 11.5 Å². The average Bonchev–Trinajstić information content (AvgIpc) is 3.45. The van der Waals surface area contributed by atoms with Gasteiger partial charge in [-0.3, -0.25) is 9.69 Å². The smallest absolute Gasteiger partial charge is 0.254 e. The molecule has 154 valence electrons. The Bertz CT molecular complexity index is 994. The lowest BCUT2D eigenvalue weighted by Gasteiger charge is -2.51. The number of piperidine rings is 3. The highest BCUT2D eigenvalue weighted by atomic mass is 16.7. The largest absolute Gasteiger partial charge is 0.454 e. The van der Waals surface area contributed by atoms with Crippen molar-refractivity contribution in [3.05, 3.63) is 65.7 Å². The Labute approximate surface area is 176 Å². The van der Waals surface area contributed by atoms with Crippen molar-refractivity contribution < 1.29 is 14.3 Å². The summed E-state index contributed by atoms with van der Waals surface area (Å²) in [6.45, 7) is 7.14. The third-order valence-electron chi connectivity index (χ3n) is 7.47. The van der Waals surface area contributed by atoms with Gasteiger partial charge >= 0.3 is 0 Å². The van der Waals surface area contributed by atoms with Gasteiger partial charge in [0.25, 0.3) is 5.91 Å². The lowest BCUT2D eigenvalue weighted by Crippen LogP contribution is -2.60. The summed E-state index contributed by atoms with van der Waals surface area (Å²) in [5.41, 5.74) is 3.05. The number of amides is 1. The molecule has 0 aliphatic carbocycles. The zero-order chi connectivity index (χ0) is 20.2. The van der Waals surface area contributed by atoms with Gasteiger partial charge in [0, 0.05) is 24.1 Å². The van der Waals surface area contributed by atoms with Crippen LogP contribution in [0.15, 0.2) is 49.0 Å². The summed E-state index contributed by atoms with van der Waals surface area (Å²) < 4.78 is 11.1. The first-order valence-electron chi connectivity index (χ1n) is 10.9. The predicted molar refractivity (Wildman–Crippen MR) is 115 cm³/mol. The van der Waals surface area contributed by atoms with Crippen LogP contribution in [0.2, 0.25) is 0 Å². The molecule has 5 aliphatic rings. The molecule has 0 radical (unpaired) electrons. The van der Waals surface area contributed by atoms with Crippen LogP contribution in [0.4, 0.5) is 0 Å². The number of benzene rings is 2. The molecule has 5 aliphatic heterocycles. The first-order chi connectivity index (χ1) is 14.7. The lowest BCUT2D eigenvalue weighted by molar-refractivity contribution is -0.00341. The number of hydrogen-bond donors (Lipinski definition) is 0. The number of ether oxygens (including phenoxy) is 2. The Balaban J connectivity index is 1.36. The molecule has 7 rings (SSSR count). The van der Waals surface area contributed by atoms with Crippen LogP contribution in [0, 0.1) is 5.92 Å². The average molecular weight is 402 g/mol. The van der Waals surface area contributed by atoms with E-state index < -0.39 is 0 Å². The van der Waals surface area contributed by atoms with Crippen molar-refractivity contribution >= 4 is 12.0 Å². The van der Waals surface area contributed by atoms with E-state index in [4.69, 9.17) is 9.47 Å². The first-order valence-corrected chi connectivity index (χ1v) is 10.9. The predicted octanol–water partition coefficient (Wildman–Crippen LogP) is 3.76. The minimum Gasteiger partial charge on any atom is -0.454 e. The summed E-state index contributed by atoms with van der Waals surface area (Å²) in [4.78, 5) is 18.4. The van der Waals surface area contributed by atoms with Crippen LogP contribution in [-0.2, 0) is 0 Å². The molecule has 0 aromatic heterocycles. The third-order valence-corrected chi connectivity index (χ3v) is 7.47. The molecule has 1 amide bonds. The van der Waals surface area contributed by atoms with E-state index in [0.717, 1.165) is 42.3 Å². The fourth-order valence-electron chi connectivity index (χ4n) is 6.02. The highest BCUT2D eigenvalue weighted by Crippen LogP contribution is 2.48. The maximum absolute atomic E-state index is 13.6. The van der Waals surface area contributed by atoms with Gasteiger partial charge in [0.05, 0.1) is 6.04 Å². The van der Waals surface area contributed by atoms with Crippen molar-refractivity contribution in [2.45, 2.75) is 30.8 Å². The Morgan fingerprint density at radius 1 is 1.00 bits per heavy atom. The molecule has 5 nitrogen and oxygen atoms in total. The second kappa shape index (κ2) is 6.88. The van der Waals surface area contributed by atoms with E-state index in [0.29, 0.717) is 17.9 Å². The van der Waals surface area contributed by atoms with E-state index in [1.165, 1.54) is 18.4 Å². The van der Waals surface area contributed by atoms with Crippen molar-refractivity contribution in [1.82, 2.24) is 9.80 Å². The number of carbonyl (C=O) groups excluding carboxylic acids is 1. The zero-order valence-corrected chi connectivity index (χ0v) is 17.0. The number of fused-ring (bicyclic) bond motifs is 3. The van der Waals surface area contributed by atoms with E-state index >= 15 is 0 Å². The number of carbonyl (C=O) groups is 1. The van der Waals surface area contributed by atoms with Gasteiger partial charge in [-0.1, -0.05) is 30.9 Å². The summed E-state index contributed by atoms with van der Waals surface area (Å²) in [5.74, 6) is 2.68. The molecule has 5 heterocycles. The fourth-order valence-corrected chi connectivity index (χ4v) is 6.02. The standard InChI is InChI=1S/C25H26N2O3/c1-2-16-3-5-18(6-4-16)25(28)27-14-20(19-7-8-21-22(13-19)30-15-29-21)24-23(27)17-9-11-26(24)12-10-17/h2-8,13,17,20,23-24H,1,9-12,14-15H2/t20-,23+,24+/m0/s1. The quantitative estimate of drug-likeness (QED) is 0.784. The van der Waals surface area contributed by atoms with Crippen LogP contribution in [0.25, 0.3) is 6.08 Å². The van der Waals surface area contributed by atoms with Crippen molar-refractivity contribution in [2.24, 2.45) is 5.92 Å². The molecule has 2 aromatic rings. The van der Waals surface area contributed by atoms with E-state index in [-0.39, 0.29) is 18.7 Å². The second-order valence-corrected chi connectivity index (χ2v) is 8.86. The second-order valence-electron chi connectivity index (χ2n) is 8.86. The van der Waals surface area contributed by atoms with Gasteiger partial charge in [-0.05, 0) is 67.2 Å². The summed E-state index contributed by atoms with van der Waals surface area (Å²) in [6.07, 6.45) is 4.19. The normalized spacial score (nSPS) is 30.9. The minimum atomic E-state index is 0.151. The number of rotatable bonds is 3. The maximum atomic E-state index is 13.6. The van der Waals surface area contributed by atoms with Gasteiger partial charge in [0.1, 0.15) is 0 Å². The summed E-state index contributed by atoms with van der Waals surface area (Å²) in [6, 6.07) is 14.8. The molecule has 2 bridgehead atoms. The first kappa shape index (κ1) is 18.0. The fraction of sp³-hybridized carbons (Fsp3) is 0.400. The van der Waals surface area contributed by atoms with Gasteiger partial charge in [-0.15, -0.1) is 0 Å². The number of hydrogen-bond acceptors (Lipinski definition) is 4. The molecular weight excluding hydrogens is 376 g/mol. The Kier molecular flexibility index (Phi) is 4.13. The summed E-state index contributed by atoms with van der Waals surface area (Å²) >= 11 is 0. The van der Waals surface area contributed by atoms with E-state index in [9.17, 15) is 4.79 Å². The monoisotopic (exact) mass is 402 g/mol. The summed E-state index contributed by atoms with van der Waals surface area (Å²) in [7, 11) is 0. The molecule has 0 N–H and O–H groups in total.